The minimum atomic E-state index is -5.06. The quantitative estimate of drug-likeness (QED) is 0.618. The second-order valence-electron chi connectivity index (χ2n) is 7.51. The molecule has 0 aromatic heterocycles. The SMILES string of the molecule is CO[C@](C(=O)OC[C@@](C)(O)CCCC1(C)OCCO1)(c1ccccc1)C(F)(F)F. The molecule has 0 spiro atoms. The molecule has 6 nitrogen and oxygen atoms in total. The molecule has 1 saturated heterocycles. The maximum atomic E-state index is 13.8. The van der Waals surface area contributed by atoms with Crippen LogP contribution in [0.2, 0.25) is 0 Å². The molecule has 1 fully saturated rings. The number of halogens is 3. The molecule has 1 aliphatic heterocycles. The monoisotopic (exact) mass is 420 g/mol. The number of aliphatic hydroxyl groups is 1. The maximum absolute atomic E-state index is 13.8. The van der Waals surface area contributed by atoms with Crippen molar-refractivity contribution < 1.29 is 42.0 Å². The first kappa shape index (κ1) is 23.6. The normalized spacial score (nSPS) is 20.7. The van der Waals surface area contributed by atoms with Crippen molar-refractivity contribution in [2.45, 2.75) is 56.3 Å². The van der Waals surface area contributed by atoms with Gasteiger partial charge in [0.05, 0.1) is 18.8 Å². The van der Waals surface area contributed by atoms with Gasteiger partial charge in [-0.15, -0.1) is 0 Å². The summed E-state index contributed by atoms with van der Waals surface area (Å²) in [5.41, 5.74) is -5.20. The number of alkyl halides is 3. The van der Waals surface area contributed by atoms with E-state index in [1.54, 1.807) is 6.92 Å². The van der Waals surface area contributed by atoms with Crippen molar-refractivity contribution in [1.29, 1.82) is 0 Å². The van der Waals surface area contributed by atoms with Gasteiger partial charge in [0.2, 0.25) is 0 Å². The van der Waals surface area contributed by atoms with Gasteiger partial charge in [-0.3, -0.25) is 0 Å². The summed E-state index contributed by atoms with van der Waals surface area (Å²) in [5.74, 6) is -2.37. The molecule has 0 aliphatic carbocycles. The first-order chi connectivity index (χ1) is 13.5. The van der Waals surface area contributed by atoms with Crippen LogP contribution in [0, 0.1) is 0 Å². The number of esters is 1. The van der Waals surface area contributed by atoms with E-state index < -0.39 is 41.3 Å². The summed E-state index contributed by atoms with van der Waals surface area (Å²) in [6.07, 6.45) is -3.92. The van der Waals surface area contributed by atoms with Crippen molar-refractivity contribution in [3.05, 3.63) is 35.9 Å². The molecule has 1 heterocycles. The average molecular weight is 420 g/mol. The Bertz CT molecular complexity index is 671. The lowest BCUT2D eigenvalue weighted by Crippen LogP contribution is -2.52. The Morgan fingerprint density at radius 3 is 2.31 bits per heavy atom. The summed E-state index contributed by atoms with van der Waals surface area (Å²) in [7, 11) is 0.794. The van der Waals surface area contributed by atoms with E-state index in [9.17, 15) is 23.1 Å². The van der Waals surface area contributed by atoms with E-state index in [0.717, 1.165) is 19.2 Å². The van der Waals surface area contributed by atoms with Crippen molar-refractivity contribution in [3.63, 3.8) is 0 Å². The van der Waals surface area contributed by atoms with Gasteiger partial charge in [0, 0.05) is 19.1 Å². The smallest absolute Gasteiger partial charge is 0.432 e. The highest BCUT2D eigenvalue weighted by atomic mass is 19.4. The van der Waals surface area contributed by atoms with Gasteiger partial charge in [0.1, 0.15) is 6.61 Å². The number of hydrogen-bond donors (Lipinski definition) is 1. The van der Waals surface area contributed by atoms with Crippen LogP contribution in [0.3, 0.4) is 0 Å². The molecule has 1 aliphatic rings. The minimum absolute atomic E-state index is 0.180. The van der Waals surface area contributed by atoms with E-state index in [-0.39, 0.29) is 6.42 Å². The molecule has 2 atom stereocenters. The molecule has 1 aromatic carbocycles. The molecule has 2 rings (SSSR count). The fraction of sp³-hybridized carbons (Fsp3) is 0.650. The molecule has 0 radical (unpaired) electrons. The maximum Gasteiger partial charge on any atom is 0.432 e. The van der Waals surface area contributed by atoms with Crippen LogP contribution in [-0.4, -0.2) is 55.6 Å². The van der Waals surface area contributed by atoms with Crippen LogP contribution in [0.5, 0.6) is 0 Å². The van der Waals surface area contributed by atoms with Crippen LogP contribution in [0.25, 0.3) is 0 Å². The van der Waals surface area contributed by atoms with Gasteiger partial charge in [-0.05, 0) is 26.7 Å². The second-order valence-corrected chi connectivity index (χ2v) is 7.51. The van der Waals surface area contributed by atoms with Crippen molar-refractivity contribution in [3.8, 4) is 0 Å². The number of benzene rings is 1. The topological polar surface area (TPSA) is 74.2 Å². The standard InChI is InChI=1S/C20H27F3O6/c1-17(25,10-7-11-18(2)28-12-13-29-18)14-27-16(24)19(26-3,20(21,22)23)15-8-5-4-6-9-15/h4-6,8-9,25H,7,10-14H2,1-3H3/t17-,19-/m0/s1. The molecule has 0 saturated carbocycles. The molecule has 9 heteroatoms. The van der Waals surface area contributed by atoms with Crippen LogP contribution in [-0.2, 0) is 29.3 Å². The van der Waals surface area contributed by atoms with E-state index in [2.05, 4.69) is 4.74 Å². The Morgan fingerprint density at radius 2 is 1.79 bits per heavy atom. The number of methoxy groups -OCH3 is 1. The Morgan fingerprint density at radius 1 is 1.21 bits per heavy atom. The zero-order valence-corrected chi connectivity index (χ0v) is 16.8. The van der Waals surface area contributed by atoms with Gasteiger partial charge in [-0.2, -0.15) is 13.2 Å². The number of ether oxygens (including phenoxy) is 4. The van der Waals surface area contributed by atoms with Gasteiger partial charge in [0.25, 0.3) is 5.60 Å². The van der Waals surface area contributed by atoms with Crippen molar-refractivity contribution >= 4 is 5.97 Å². The molecule has 0 bridgehead atoms. The Kier molecular flexibility index (Phi) is 7.32. The highest BCUT2D eigenvalue weighted by Gasteiger charge is 2.64. The molecular weight excluding hydrogens is 393 g/mol. The number of carbonyl (C=O) groups excluding carboxylic acids is 1. The summed E-state index contributed by atoms with van der Waals surface area (Å²) in [4.78, 5) is 12.5. The van der Waals surface area contributed by atoms with Gasteiger partial charge < -0.3 is 24.1 Å². The van der Waals surface area contributed by atoms with Crippen LogP contribution < -0.4 is 0 Å². The Labute approximate surface area is 167 Å². The molecule has 29 heavy (non-hydrogen) atoms. The summed E-state index contributed by atoms with van der Waals surface area (Å²) in [6, 6.07) is 6.53. The van der Waals surface area contributed by atoms with E-state index >= 15 is 0 Å². The predicted molar refractivity (Wildman–Crippen MR) is 96.9 cm³/mol. The number of hydrogen-bond acceptors (Lipinski definition) is 6. The van der Waals surface area contributed by atoms with Gasteiger partial charge in [-0.1, -0.05) is 30.3 Å². The summed E-state index contributed by atoms with van der Waals surface area (Å²) < 4.78 is 62.0. The Balaban J connectivity index is 2.03. The van der Waals surface area contributed by atoms with E-state index in [0.29, 0.717) is 26.1 Å². The largest absolute Gasteiger partial charge is 0.460 e. The molecule has 0 amide bonds. The third kappa shape index (κ3) is 5.48. The summed E-state index contributed by atoms with van der Waals surface area (Å²) in [6.45, 7) is 3.54. The van der Waals surface area contributed by atoms with Crippen LogP contribution >= 0.6 is 0 Å². The van der Waals surface area contributed by atoms with Gasteiger partial charge >= 0.3 is 12.1 Å². The first-order valence-corrected chi connectivity index (χ1v) is 9.31. The lowest BCUT2D eigenvalue weighted by atomic mass is 9.92. The molecular formula is C20H27F3O6. The van der Waals surface area contributed by atoms with Gasteiger partial charge in [-0.25, -0.2) is 4.79 Å². The molecule has 1 aromatic rings. The fourth-order valence-electron chi connectivity index (χ4n) is 3.27. The highest BCUT2D eigenvalue weighted by molar-refractivity contribution is 5.82. The number of rotatable bonds is 9. The van der Waals surface area contributed by atoms with Crippen molar-refractivity contribution in [2.75, 3.05) is 26.9 Å². The third-order valence-corrected chi connectivity index (χ3v) is 4.93. The third-order valence-electron chi connectivity index (χ3n) is 4.93. The number of carbonyl (C=O) groups is 1. The van der Waals surface area contributed by atoms with E-state index in [1.165, 1.54) is 25.1 Å². The first-order valence-electron chi connectivity index (χ1n) is 9.31. The van der Waals surface area contributed by atoms with Crippen LogP contribution in [0.15, 0.2) is 30.3 Å². The minimum Gasteiger partial charge on any atom is -0.460 e. The zero-order valence-electron chi connectivity index (χ0n) is 16.8. The Hall–Kier alpha value is -1.68. The summed E-state index contributed by atoms with van der Waals surface area (Å²) >= 11 is 0. The lowest BCUT2D eigenvalue weighted by Gasteiger charge is -2.33. The van der Waals surface area contributed by atoms with E-state index in [1.807, 2.05) is 0 Å². The summed E-state index contributed by atoms with van der Waals surface area (Å²) in [5, 5.41) is 10.5. The highest BCUT2D eigenvalue weighted by Crippen LogP contribution is 2.43. The predicted octanol–water partition coefficient (Wildman–Crippen LogP) is 3.32. The van der Waals surface area contributed by atoms with Gasteiger partial charge in [0.15, 0.2) is 5.79 Å². The zero-order chi connectivity index (χ0) is 21.8. The lowest BCUT2D eigenvalue weighted by molar-refractivity contribution is -0.278. The van der Waals surface area contributed by atoms with Crippen molar-refractivity contribution in [2.24, 2.45) is 0 Å². The van der Waals surface area contributed by atoms with Crippen molar-refractivity contribution in [1.82, 2.24) is 0 Å². The average Bonchev–Trinajstić information content (AvgIpc) is 3.07. The molecule has 164 valence electrons. The molecule has 0 unspecified atom stereocenters. The van der Waals surface area contributed by atoms with E-state index in [4.69, 9.17) is 14.2 Å². The molecule has 1 N–H and O–H groups in total. The van der Waals surface area contributed by atoms with Crippen LogP contribution in [0.4, 0.5) is 13.2 Å². The second kappa shape index (κ2) is 8.99. The fourth-order valence-corrected chi connectivity index (χ4v) is 3.27. The van der Waals surface area contributed by atoms with Crippen LogP contribution in [0.1, 0.15) is 38.7 Å².